The second-order valence-corrected chi connectivity index (χ2v) is 6.08. The summed E-state index contributed by atoms with van der Waals surface area (Å²) in [6.45, 7) is 0.797. The van der Waals surface area contributed by atoms with Crippen LogP contribution >= 0.6 is 0 Å². The Morgan fingerprint density at radius 1 is 0.733 bits per heavy atom. The van der Waals surface area contributed by atoms with E-state index in [1.807, 2.05) is 0 Å². The molecule has 6 N–H and O–H groups in total. The number of aliphatic hydroxyl groups is 1. The van der Waals surface area contributed by atoms with Gasteiger partial charge in [-0.3, -0.25) is 19.2 Å². The first-order valence-electron chi connectivity index (χ1n) is 7.81. The van der Waals surface area contributed by atoms with Crippen LogP contribution in [0.25, 0.3) is 0 Å². The summed E-state index contributed by atoms with van der Waals surface area (Å²) in [5.74, 6) is -12.9. The zero-order valence-electron chi connectivity index (χ0n) is 15.3. The molecule has 2 atom stereocenters. The van der Waals surface area contributed by atoms with Crippen LogP contribution in [0.1, 0.15) is 32.6 Å². The third kappa shape index (κ3) is 7.70. The van der Waals surface area contributed by atoms with Gasteiger partial charge in [-0.05, 0) is 6.92 Å². The summed E-state index contributed by atoms with van der Waals surface area (Å²) < 4.78 is 8.93. The van der Waals surface area contributed by atoms with E-state index in [1.165, 1.54) is 0 Å². The van der Waals surface area contributed by atoms with Gasteiger partial charge >= 0.3 is 41.8 Å². The summed E-state index contributed by atoms with van der Waals surface area (Å²) in [4.78, 5) is 78.5. The maximum Gasteiger partial charge on any atom is 0.349 e. The number of aliphatic carboxylic acids is 5. The fourth-order valence-corrected chi connectivity index (χ4v) is 2.08. The maximum absolute atomic E-state index is 12.0. The van der Waals surface area contributed by atoms with Crippen molar-refractivity contribution in [2.45, 2.75) is 49.9 Å². The summed E-state index contributed by atoms with van der Waals surface area (Å²) in [5.41, 5.74) is -6.12. The Balaban J connectivity index is 5.42. The summed E-state index contributed by atoms with van der Waals surface area (Å²) in [5, 5.41) is 54.0. The van der Waals surface area contributed by atoms with Crippen LogP contribution in [-0.4, -0.2) is 89.7 Å². The van der Waals surface area contributed by atoms with Crippen LogP contribution < -0.4 is 0 Å². The van der Waals surface area contributed by atoms with Gasteiger partial charge in [0, 0.05) is 0 Å². The van der Waals surface area contributed by atoms with Gasteiger partial charge in [0.25, 0.3) is 0 Å². The normalized spacial score (nSPS) is 13.9. The van der Waals surface area contributed by atoms with E-state index in [-0.39, 0.29) is 0 Å². The Labute approximate surface area is 166 Å². The minimum absolute atomic E-state index is 0.797. The molecule has 0 heterocycles. The van der Waals surface area contributed by atoms with Gasteiger partial charge in [0.15, 0.2) is 11.7 Å². The highest BCUT2D eigenvalue weighted by molar-refractivity contribution is 5.92. The van der Waals surface area contributed by atoms with Crippen molar-refractivity contribution < 1.29 is 73.7 Å². The van der Waals surface area contributed by atoms with Crippen molar-refractivity contribution in [2.75, 3.05) is 0 Å². The number of ether oxygens (including phenoxy) is 2. The quantitative estimate of drug-likeness (QED) is 0.168. The summed E-state index contributed by atoms with van der Waals surface area (Å²) in [7, 11) is 0. The molecule has 0 aliphatic heterocycles. The average molecular weight is 438 g/mol. The molecule has 2 unspecified atom stereocenters. The van der Waals surface area contributed by atoms with Crippen LogP contribution in [0.15, 0.2) is 0 Å². The van der Waals surface area contributed by atoms with Crippen molar-refractivity contribution in [3.8, 4) is 0 Å². The highest BCUT2D eigenvalue weighted by Gasteiger charge is 2.48. The smallest absolute Gasteiger partial charge is 0.349 e. The second kappa shape index (κ2) is 10.1. The monoisotopic (exact) mass is 438 g/mol. The zero-order chi connectivity index (χ0) is 23.9. The molecule has 0 aromatic heterocycles. The predicted octanol–water partition coefficient (Wildman–Crippen LogP) is -2.09. The van der Waals surface area contributed by atoms with E-state index in [0.29, 0.717) is 0 Å². The first-order chi connectivity index (χ1) is 13.5. The second-order valence-electron chi connectivity index (χ2n) is 6.08. The molecule has 0 saturated heterocycles. The minimum Gasteiger partial charge on any atom is -0.481 e. The molecular weight excluding hydrogens is 420 g/mol. The zero-order valence-corrected chi connectivity index (χ0v) is 15.3. The van der Waals surface area contributed by atoms with Gasteiger partial charge < -0.3 is 40.1 Å². The lowest BCUT2D eigenvalue weighted by Gasteiger charge is -2.28. The molecule has 30 heavy (non-hydrogen) atoms. The SMILES string of the molecule is CC(OC(=O)CC(O)(CC(=O)O)C(=O)O)C(=O)OC(CC(=O)O)(CC(=O)O)C(=O)O. The van der Waals surface area contributed by atoms with E-state index in [4.69, 9.17) is 25.5 Å². The van der Waals surface area contributed by atoms with E-state index >= 15 is 0 Å². The van der Waals surface area contributed by atoms with E-state index < -0.39 is 84.8 Å². The molecule has 0 amide bonds. The summed E-state index contributed by atoms with van der Waals surface area (Å²) >= 11 is 0. The third-order valence-electron chi connectivity index (χ3n) is 3.48. The van der Waals surface area contributed by atoms with Crippen molar-refractivity contribution in [2.24, 2.45) is 0 Å². The first kappa shape index (κ1) is 26.2. The molecule has 0 aromatic rings. The Hall–Kier alpha value is -3.75. The molecule has 0 radical (unpaired) electrons. The Bertz CT molecular complexity index is 737. The molecule has 0 rings (SSSR count). The number of esters is 2. The molecule has 0 spiro atoms. The standard InChI is InChI=1S/C15H18O15/c1-6(29-10(22)5-14(28,12(24)25)2-7(16)17)11(23)30-15(13(26)27,3-8(18)19)4-9(20)21/h6,28H,2-5H2,1H3,(H,16,17)(H,18,19)(H,20,21)(H,24,25)(H,26,27). The molecule has 0 aromatic carbocycles. The molecule has 0 aliphatic carbocycles. The molecule has 0 bridgehead atoms. The van der Waals surface area contributed by atoms with Crippen molar-refractivity contribution in [1.29, 1.82) is 0 Å². The molecule has 0 aliphatic rings. The van der Waals surface area contributed by atoms with Crippen molar-refractivity contribution in [3.05, 3.63) is 0 Å². The number of hydrogen-bond donors (Lipinski definition) is 6. The van der Waals surface area contributed by atoms with E-state index in [9.17, 15) is 38.7 Å². The molecule has 0 fully saturated rings. The molecular formula is C15H18O15. The molecule has 15 nitrogen and oxygen atoms in total. The number of hydrogen-bond acceptors (Lipinski definition) is 10. The van der Waals surface area contributed by atoms with Crippen molar-refractivity contribution >= 4 is 41.8 Å². The minimum atomic E-state index is -3.08. The summed E-state index contributed by atoms with van der Waals surface area (Å²) in [6, 6.07) is 0. The Morgan fingerprint density at radius 2 is 1.17 bits per heavy atom. The molecule has 168 valence electrons. The lowest BCUT2D eigenvalue weighted by molar-refractivity contribution is -0.194. The van der Waals surface area contributed by atoms with Gasteiger partial charge in [-0.15, -0.1) is 0 Å². The van der Waals surface area contributed by atoms with Gasteiger partial charge in [-0.1, -0.05) is 0 Å². The van der Waals surface area contributed by atoms with E-state index in [0.717, 1.165) is 6.92 Å². The third-order valence-corrected chi connectivity index (χ3v) is 3.48. The average Bonchev–Trinajstić information content (AvgIpc) is 2.51. The van der Waals surface area contributed by atoms with E-state index in [2.05, 4.69) is 9.47 Å². The highest BCUT2D eigenvalue weighted by atomic mass is 16.6. The van der Waals surface area contributed by atoms with Gasteiger partial charge in [0.05, 0.1) is 25.7 Å². The Kier molecular flexibility index (Phi) is 8.88. The predicted molar refractivity (Wildman–Crippen MR) is 86.0 cm³/mol. The first-order valence-corrected chi connectivity index (χ1v) is 7.81. The molecule has 15 heteroatoms. The van der Waals surface area contributed by atoms with Crippen molar-refractivity contribution in [1.82, 2.24) is 0 Å². The van der Waals surface area contributed by atoms with Crippen LogP contribution in [0.3, 0.4) is 0 Å². The molecule has 0 saturated carbocycles. The lowest BCUT2D eigenvalue weighted by atomic mass is 9.95. The topological polar surface area (TPSA) is 259 Å². The fourth-order valence-electron chi connectivity index (χ4n) is 2.08. The van der Waals surface area contributed by atoms with Crippen LogP contribution in [0.5, 0.6) is 0 Å². The van der Waals surface area contributed by atoms with Gasteiger partial charge in [0.2, 0.25) is 5.60 Å². The van der Waals surface area contributed by atoms with E-state index in [1.54, 1.807) is 0 Å². The number of carbonyl (C=O) groups excluding carboxylic acids is 2. The maximum atomic E-state index is 12.0. The van der Waals surface area contributed by atoms with Crippen molar-refractivity contribution in [3.63, 3.8) is 0 Å². The number of rotatable bonds is 13. The van der Waals surface area contributed by atoms with Gasteiger partial charge in [0.1, 0.15) is 0 Å². The lowest BCUT2D eigenvalue weighted by Crippen LogP contribution is -2.49. The fraction of sp³-hybridized carbons (Fsp3) is 0.533. The highest BCUT2D eigenvalue weighted by Crippen LogP contribution is 2.24. The van der Waals surface area contributed by atoms with Crippen LogP contribution in [0, 0.1) is 0 Å². The van der Waals surface area contributed by atoms with Crippen LogP contribution in [-0.2, 0) is 43.0 Å². The van der Waals surface area contributed by atoms with Crippen LogP contribution in [0.4, 0.5) is 0 Å². The number of carboxylic acids is 5. The van der Waals surface area contributed by atoms with Crippen LogP contribution in [0.2, 0.25) is 0 Å². The largest absolute Gasteiger partial charge is 0.481 e. The van der Waals surface area contributed by atoms with Gasteiger partial charge in [-0.25, -0.2) is 14.4 Å². The number of carboxylic acid groups (broad SMARTS) is 5. The Morgan fingerprint density at radius 3 is 1.50 bits per heavy atom. The summed E-state index contributed by atoms with van der Waals surface area (Å²) in [6.07, 6.45) is -7.70. The number of carbonyl (C=O) groups is 7. The van der Waals surface area contributed by atoms with Gasteiger partial charge in [-0.2, -0.15) is 0 Å².